The molecule has 3 nitrogen and oxygen atoms in total. The minimum absolute atomic E-state index is 0.00501. The molecule has 0 fully saturated rings. The number of amides is 1. The van der Waals surface area contributed by atoms with Crippen molar-refractivity contribution in [3.63, 3.8) is 0 Å². The largest absolute Gasteiger partial charge is 0.301 e. The van der Waals surface area contributed by atoms with Crippen LogP contribution < -0.4 is 5.32 Å². The van der Waals surface area contributed by atoms with Crippen molar-refractivity contribution in [3.05, 3.63) is 59.7 Å². The number of nitrogens with zero attached hydrogens (tertiary/aromatic N) is 1. The van der Waals surface area contributed by atoms with Gasteiger partial charge in [0.15, 0.2) is 5.13 Å². The van der Waals surface area contributed by atoms with E-state index in [0.29, 0.717) is 5.13 Å². The van der Waals surface area contributed by atoms with Crippen LogP contribution in [0.5, 0.6) is 0 Å². The van der Waals surface area contributed by atoms with Crippen LogP contribution in [-0.4, -0.2) is 10.9 Å². The first kappa shape index (κ1) is 14.7. The number of hydrogen-bond acceptors (Lipinski definition) is 3. The van der Waals surface area contributed by atoms with Crippen molar-refractivity contribution in [3.8, 4) is 0 Å². The van der Waals surface area contributed by atoms with Gasteiger partial charge in [-0.2, -0.15) is 0 Å². The monoisotopic (exact) mass is 310 g/mol. The van der Waals surface area contributed by atoms with Gasteiger partial charge in [-0.15, -0.1) is 0 Å². The highest BCUT2D eigenvalue weighted by atomic mass is 32.1. The van der Waals surface area contributed by atoms with E-state index in [2.05, 4.69) is 10.3 Å². The Kier molecular flexibility index (Phi) is 4.20. The first-order valence-electron chi connectivity index (χ1n) is 7.41. The summed E-state index contributed by atoms with van der Waals surface area (Å²) in [5.41, 5.74) is 3.14. The lowest BCUT2D eigenvalue weighted by molar-refractivity contribution is -0.117. The van der Waals surface area contributed by atoms with Crippen LogP contribution in [0.4, 0.5) is 5.13 Å². The molecular weight excluding hydrogens is 292 g/mol. The zero-order valence-corrected chi connectivity index (χ0v) is 13.5. The lowest BCUT2D eigenvalue weighted by atomic mass is 9.96. The molecule has 4 heteroatoms. The quantitative estimate of drug-likeness (QED) is 0.756. The summed E-state index contributed by atoms with van der Waals surface area (Å²) < 4.78 is 1.10. The van der Waals surface area contributed by atoms with Crippen molar-refractivity contribution in [1.82, 2.24) is 4.98 Å². The number of carbonyl (C=O) groups is 1. The lowest BCUT2D eigenvalue weighted by Gasteiger charge is -2.13. The predicted octanol–water partition coefficient (Wildman–Crippen LogP) is 4.74. The third kappa shape index (κ3) is 2.88. The van der Waals surface area contributed by atoms with Gasteiger partial charge in [-0.1, -0.05) is 60.7 Å². The summed E-state index contributed by atoms with van der Waals surface area (Å²) in [6.45, 7) is 4.06. The standard InChI is InChI=1S/C18H18N2OS/c1-3-14(13-9-5-4-6-10-13)17(21)20-18-19-16-12(2)8-7-11-15(16)22-18/h4-11,14H,3H2,1-2H3,(H,19,20,21)/t14-/m0/s1. The maximum Gasteiger partial charge on any atom is 0.233 e. The van der Waals surface area contributed by atoms with Gasteiger partial charge in [0.05, 0.1) is 16.1 Å². The van der Waals surface area contributed by atoms with E-state index in [1.54, 1.807) is 0 Å². The van der Waals surface area contributed by atoms with Crippen molar-refractivity contribution >= 4 is 32.6 Å². The van der Waals surface area contributed by atoms with Crippen LogP contribution in [0.25, 0.3) is 10.2 Å². The maximum absolute atomic E-state index is 12.6. The highest BCUT2D eigenvalue weighted by Gasteiger charge is 2.19. The van der Waals surface area contributed by atoms with E-state index in [1.165, 1.54) is 11.3 Å². The molecular formula is C18H18N2OS. The Hall–Kier alpha value is -2.20. The Morgan fingerprint density at radius 2 is 1.95 bits per heavy atom. The van der Waals surface area contributed by atoms with Crippen molar-refractivity contribution in [1.29, 1.82) is 0 Å². The molecule has 0 saturated heterocycles. The van der Waals surface area contributed by atoms with Crippen LogP contribution in [0.1, 0.15) is 30.4 Å². The van der Waals surface area contributed by atoms with Crippen molar-refractivity contribution < 1.29 is 4.79 Å². The summed E-state index contributed by atoms with van der Waals surface area (Å²) in [4.78, 5) is 17.1. The molecule has 0 aliphatic rings. The first-order valence-corrected chi connectivity index (χ1v) is 8.22. The van der Waals surface area contributed by atoms with Gasteiger partial charge in [0.1, 0.15) is 0 Å². The number of hydrogen-bond donors (Lipinski definition) is 1. The number of para-hydroxylation sites is 1. The molecule has 1 N–H and O–H groups in total. The first-order chi connectivity index (χ1) is 10.7. The van der Waals surface area contributed by atoms with Gasteiger partial charge in [-0.25, -0.2) is 4.98 Å². The van der Waals surface area contributed by atoms with Crippen molar-refractivity contribution in [2.75, 3.05) is 5.32 Å². The number of aryl methyl sites for hydroxylation is 1. The number of anilines is 1. The van der Waals surface area contributed by atoms with Crippen molar-refractivity contribution in [2.45, 2.75) is 26.2 Å². The number of aromatic nitrogens is 1. The second-order valence-electron chi connectivity index (χ2n) is 5.30. The zero-order valence-electron chi connectivity index (χ0n) is 12.7. The second kappa shape index (κ2) is 6.28. The molecule has 3 aromatic rings. The summed E-state index contributed by atoms with van der Waals surface area (Å²) in [6, 6.07) is 16.0. The molecule has 1 atom stereocenters. The van der Waals surface area contributed by atoms with Crippen LogP contribution in [0, 0.1) is 6.92 Å². The number of thiazole rings is 1. The smallest absolute Gasteiger partial charge is 0.233 e. The van der Waals surface area contributed by atoms with E-state index in [1.807, 2.05) is 62.4 Å². The average molecular weight is 310 g/mol. The molecule has 0 aliphatic carbocycles. The van der Waals surface area contributed by atoms with E-state index in [-0.39, 0.29) is 11.8 Å². The Balaban J connectivity index is 1.84. The topological polar surface area (TPSA) is 42.0 Å². The molecule has 1 heterocycles. The van der Waals surface area contributed by atoms with Gasteiger partial charge in [-0.3, -0.25) is 4.79 Å². The summed E-state index contributed by atoms with van der Waals surface area (Å²) in [7, 11) is 0. The van der Waals surface area contributed by atoms with Crippen LogP contribution in [-0.2, 0) is 4.79 Å². The molecule has 22 heavy (non-hydrogen) atoms. The van der Waals surface area contributed by atoms with Crippen LogP contribution >= 0.6 is 11.3 Å². The normalized spacial score (nSPS) is 12.3. The zero-order chi connectivity index (χ0) is 15.5. The Bertz CT molecular complexity index is 795. The van der Waals surface area contributed by atoms with Crippen LogP contribution in [0.15, 0.2) is 48.5 Å². The second-order valence-corrected chi connectivity index (χ2v) is 6.33. The van der Waals surface area contributed by atoms with Crippen LogP contribution in [0.3, 0.4) is 0 Å². The van der Waals surface area contributed by atoms with Gasteiger partial charge in [-0.05, 0) is 30.5 Å². The molecule has 0 unspecified atom stereocenters. The van der Waals surface area contributed by atoms with E-state index < -0.39 is 0 Å². The molecule has 1 amide bonds. The van der Waals surface area contributed by atoms with Crippen LogP contribution in [0.2, 0.25) is 0 Å². The third-order valence-corrected chi connectivity index (χ3v) is 4.71. The number of rotatable bonds is 4. The third-order valence-electron chi connectivity index (χ3n) is 3.78. The van der Waals surface area contributed by atoms with Gasteiger partial charge < -0.3 is 5.32 Å². The molecule has 0 aliphatic heterocycles. The predicted molar refractivity (Wildman–Crippen MR) is 92.5 cm³/mol. The molecule has 0 saturated carbocycles. The molecule has 0 bridgehead atoms. The van der Waals surface area contributed by atoms with E-state index in [0.717, 1.165) is 27.8 Å². The summed E-state index contributed by atoms with van der Waals surface area (Å²) >= 11 is 1.52. The number of carbonyl (C=O) groups excluding carboxylic acids is 1. The fourth-order valence-corrected chi connectivity index (χ4v) is 3.54. The summed E-state index contributed by atoms with van der Waals surface area (Å²) in [5, 5.41) is 3.65. The average Bonchev–Trinajstić information content (AvgIpc) is 2.93. The maximum atomic E-state index is 12.6. The molecule has 0 radical (unpaired) electrons. The van der Waals surface area contributed by atoms with Crippen molar-refractivity contribution in [2.24, 2.45) is 0 Å². The van der Waals surface area contributed by atoms with Gasteiger partial charge in [0, 0.05) is 0 Å². The highest BCUT2D eigenvalue weighted by Crippen LogP contribution is 2.29. The number of nitrogens with one attached hydrogen (secondary N) is 1. The molecule has 2 aromatic carbocycles. The van der Waals surface area contributed by atoms with Gasteiger partial charge in [0.2, 0.25) is 5.91 Å². The lowest BCUT2D eigenvalue weighted by Crippen LogP contribution is -2.20. The minimum Gasteiger partial charge on any atom is -0.301 e. The Morgan fingerprint density at radius 3 is 2.64 bits per heavy atom. The number of benzene rings is 2. The molecule has 3 rings (SSSR count). The van der Waals surface area contributed by atoms with E-state index in [4.69, 9.17) is 0 Å². The molecule has 0 spiro atoms. The Labute approximate surface area is 134 Å². The van der Waals surface area contributed by atoms with E-state index in [9.17, 15) is 4.79 Å². The van der Waals surface area contributed by atoms with E-state index >= 15 is 0 Å². The SMILES string of the molecule is CC[C@H](C(=O)Nc1nc2c(C)cccc2s1)c1ccccc1. The highest BCUT2D eigenvalue weighted by molar-refractivity contribution is 7.22. The van der Waals surface area contributed by atoms with Gasteiger partial charge >= 0.3 is 0 Å². The summed E-state index contributed by atoms with van der Waals surface area (Å²) in [6.07, 6.45) is 0.764. The van der Waals surface area contributed by atoms with Gasteiger partial charge in [0.25, 0.3) is 0 Å². The Morgan fingerprint density at radius 1 is 1.18 bits per heavy atom. The summed E-state index contributed by atoms with van der Waals surface area (Å²) in [5.74, 6) is -0.139. The molecule has 112 valence electrons. The number of fused-ring (bicyclic) bond motifs is 1. The minimum atomic E-state index is -0.144. The molecule has 1 aromatic heterocycles. The fourth-order valence-electron chi connectivity index (χ4n) is 2.59. The fraction of sp³-hybridized carbons (Fsp3) is 0.222.